The highest BCUT2D eigenvalue weighted by Gasteiger charge is 2.15. The second-order valence-electron chi connectivity index (χ2n) is 4.14. The fraction of sp³-hybridized carbons (Fsp3) is 0.0714. The quantitative estimate of drug-likeness (QED) is 0.682. The van der Waals surface area contributed by atoms with Crippen molar-refractivity contribution in [3.63, 3.8) is 0 Å². The Hall–Kier alpha value is -3.29. The number of furan rings is 1. The van der Waals surface area contributed by atoms with E-state index in [0.29, 0.717) is 0 Å². The van der Waals surface area contributed by atoms with Gasteiger partial charge in [0.05, 0.1) is 11.8 Å². The highest BCUT2D eigenvalue weighted by molar-refractivity contribution is 5.99. The third-order valence-electron chi connectivity index (χ3n) is 2.54. The highest BCUT2D eigenvalue weighted by atomic mass is 16.5. The van der Waals surface area contributed by atoms with Crippen molar-refractivity contribution in [2.45, 2.75) is 0 Å². The normalized spacial score (nSPS) is 9.82. The molecular weight excluding hydrogens is 290 g/mol. The Morgan fingerprint density at radius 1 is 1.05 bits per heavy atom. The number of hydrazine groups is 1. The molecule has 3 amide bonds. The molecule has 1 aromatic heterocycles. The monoisotopic (exact) mass is 303 g/mol. The van der Waals surface area contributed by atoms with Crippen LogP contribution in [0, 0.1) is 0 Å². The maximum atomic E-state index is 12.0. The van der Waals surface area contributed by atoms with Crippen LogP contribution in [0.15, 0.2) is 47.1 Å². The first-order chi connectivity index (χ1) is 10.6. The van der Waals surface area contributed by atoms with E-state index in [4.69, 9.17) is 14.9 Å². The van der Waals surface area contributed by atoms with Gasteiger partial charge in [0.1, 0.15) is 5.75 Å². The van der Waals surface area contributed by atoms with Gasteiger partial charge in [-0.15, -0.1) is 0 Å². The number of amides is 3. The minimum absolute atomic E-state index is 0.0542. The molecule has 1 aromatic carbocycles. The van der Waals surface area contributed by atoms with E-state index in [2.05, 4.69) is 10.9 Å². The predicted molar refractivity (Wildman–Crippen MR) is 74.8 cm³/mol. The van der Waals surface area contributed by atoms with Crippen LogP contribution in [0.4, 0.5) is 0 Å². The smallest absolute Gasteiger partial charge is 0.305 e. The number of rotatable bonds is 5. The number of ether oxygens (including phenoxy) is 1. The number of benzene rings is 1. The fourth-order valence-electron chi connectivity index (χ4n) is 1.58. The lowest BCUT2D eigenvalue weighted by molar-refractivity contribution is -0.119. The summed E-state index contributed by atoms with van der Waals surface area (Å²) in [7, 11) is 0. The molecule has 1 heterocycles. The van der Waals surface area contributed by atoms with Crippen LogP contribution in [0.5, 0.6) is 5.75 Å². The summed E-state index contributed by atoms with van der Waals surface area (Å²) in [6.07, 6.45) is 1.34. The van der Waals surface area contributed by atoms with Crippen LogP contribution in [0.25, 0.3) is 0 Å². The lowest BCUT2D eigenvalue weighted by atomic mass is 10.2. The predicted octanol–water partition coefficient (Wildman–Crippen LogP) is 0.218. The number of hydrogen-bond donors (Lipinski definition) is 3. The molecular formula is C14H13N3O5. The first kappa shape index (κ1) is 15.1. The number of primary amides is 1. The van der Waals surface area contributed by atoms with Gasteiger partial charge >= 0.3 is 5.91 Å². The Morgan fingerprint density at radius 2 is 1.77 bits per heavy atom. The minimum atomic E-state index is -0.665. The SMILES string of the molecule is NC(=O)COc1ccccc1C(=O)NNC(=O)c1ccco1. The first-order valence-corrected chi connectivity index (χ1v) is 6.22. The summed E-state index contributed by atoms with van der Waals surface area (Å²) < 4.78 is 10.0. The van der Waals surface area contributed by atoms with Gasteiger partial charge in [-0.25, -0.2) is 0 Å². The van der Waals surface area contributed by atoms with Crippen molar-refractivity contribution < 1.29 is 23.5 Å². The van der Waals surface area contributed by atoms with Gasteiger partial charge in [-0.3, -0.25) is 25.2 Å². The van der Waals surface area contributed by atoms with E-state index >= 15 is 0 Å². The molecule has 0 bridgehead atoms. The van der Waals surface area contributed by atoms with E-state index in [0.717, 1.165) is 0 Å². The number of carbonyl (C=O) groups is 3. The van der Waals surface area contributed by atoms with Crippen molar-refractivity contribution in [3.8, 4) is 5.75 Å². The molecule has 0 spiro atoms. The standard InChI is InChI=1S/C14H13N3O5/c15-12(18)8-22-10-5-2-1-4-9(10)13(19)16-17-14(20)11-6-3-7-21-11/h1-7H,8H2,(H2,15,18)(H,16,19)(H,17,20). The number of nitrogens with two attached hydrogens (primary N) is 1. The molecule has 0 radical (unpaired) electrons. The van der Waals surface area contributed by atoms with Gasteiger partial charge in [0.15, 0.2) is 12.4 Å². The maximum Gasteiger partial charge on any atom is 0.305 e. The van der Waals surface area contributed by atoms with E-state index in [1.54, 1.807) is 18.2 Å². The largest absolute Gasteiger partial charge is 0.483 e. The van der Waals surface area contributed by atoms with Gasteiger partial charge in [-0.2, -0.15) is 0 Å². The summed E-state index contributed by atoms with van der Waals surface area (Å²) in [5.41, 5.74) is 9.55. The van der Waals surface area contributed by atoms with E-state index in [1.165, 1.54) is 24.5 Å². The van der Waals surface area contributed by atoms with Gasteiger partial charge in [-0.05, 0) is 24.3 Å². The Morgan fingerprint density at radius 3 is 2.45 bits per heavy atom. The lowest BCUT2D eigenvalue weighted by Gasteiger charge is -2.10. The molecule has 0 aliphatic rings. The summed E-state index contributed by atoms with van der Waals surface area (Å²) in [6, 6.07) is 9.22. The molecule has 0 fully saturated rings. The Balaban J connectivity index is 2.00. The number of hydrogen-bond acceptors (Lipinski definition) is 5. The number of nitrogens with one attached hydrogen (secondary N) is 2. The minimum Gasteiger partial charge on any atom is -0.483 e. The van der Waals surface area contributed by atoms with Crippen molar-refractivity contribution in [2.75, 3.05) is 6.61 Å². The van der Waals surface area contributed by atoms with Crippen molar-refractivity contribution in [3.05, 3.63) is 54.0 Å². The Kier molecular flexibility index (Phi) is 4.76. The molecule has 0 atom stereocenters. The fourth-order valence-corrected chi connectivity index (χ4v) is 1.58. The molecule has 0 aliphatic heterocycles. The van der Waals surface area contributed by atoms with E-state index in [-0.39, 0.29) is 23.7 Å². The van der Waals surface area contributed by atoms with Crippen molar-refractivity contribution in [1.29, 1.82) is 0 Å². The van der Waals surface area contributed by atoms with Crippen LogP contribution in [0.3, 0.4) is 0 Å². The topological polar surface area (TPSA) is 124 Å². The van der Waals surface area contributed by atoms with Gasteiger partial charge in [-0.1, -0.05) is 12.1 Å². The zero-order valence-corrected chi connectivity index (χ0v) is 11.4. The summed E-state index contributed by atoms with van der Waals surface area (Å²) in [5, 5.41) is 0. The lowest BCUT2D eigenvalue weighted by Crippen LogP contribution is -2.41. The first-order valence-electron chi connectivity index (χ1n) is 6.22. The van der Waals surface area contributed by atoms with Gasteiger partial charge in [0, 0.05) is 0 Å². The Bertz CT molecular complexity index is 682. The zero-order valence-electron chi connectivity index (χ0n) is 11.4. The molecule has 114 valence electrons. The average Bonchev–Trinajstić information content (AvgIpc) is 3.05. The Labute approximate surface area is 125 Å². The third kappa shape index (κ3) is 3.85. The molecule has 0 saturated carbocycles. The van der Waals surface area contributed by atoms with Crippen LogP contribution >= 0.6 is 0 Å². The summed E-state index contributed by atoms with van der Waals surface area (Å²) in [6.45, 7) is -0.358. The van der Waals surface area contributed by atoms with Crippen molar-refractivity contribution in [1.82, 2.24) is 10.9 Å². The van der Waals surface area contributed by atoms with Crippen LogP contribution in [-0.4, -0.2) is 24.3 Å². The van der Waals surface area contributed by atoms with Gasteiger partial charge in [0.2, 0.25) is 0 Å². The maximum absolute atomic E-state index is 12.0. The van der Waals surface area contributed by atoms with E-state index < -0.39 is 17.7 Å². The summed E-state index contributed by atoms with van der Waals surface area (Å²) in [5.74, 6) is -1.65. The molecule has 2 aromatic rings. The molecule has 8 nitrogen and oxygen atoms in total. The second kappa shape index (κ2) is 6.93. The van der Waals surface area contributed by atoms with E-state index in [9.17, 15) is 14.4 Å². The molecule has 8 heteroatoms. The molecule has 0 saturated heterocycles. The second-order valence-corrected chi connectivity index (χ2v) is 4.14. The average molecular weight is 303 g/mol. The van der Waals surface area contributed by atoms with Crippen LogP contribution in [-0.2, 0) is 4.79 Å². The third-order valence-corrected chi connectivity index (χ3v) is 2.54. The molecule has 4 N–H and O–H groups in total. The van der Waals surface area contributed by atoms with Crippen LogP contribution in [0.2, 0.25) is 0 Å². The number of para-hydroxylation sites is 1. The van der Waals surface area contributed by atoms with E-state index in [1.807, 2.05) is 0 Å². The van der Waals surface area contributed by atoms with Crippen molar-refractivity contribution in [2.24, 2.45) is 5.73 Å². The molecule has 2 rings (SSSR count). The molecule has 22 heavy (non-hydrogen) atoms. The molecule has 0 unspecified atom stereocenters. The van der Waals surface area contributed by atoms with Crippen LogP contribution in [0.1, 0.15) is 20.9 Å². The van der Waals surface area contributed by atoms with Gasteiger partial charge in [0.25, 0.3) is 11.8 Å². The number of carbonyl (C=O) groups excluding carboxylic acids is 3. The highest BCUT2D eigenvalue weighted by Crippen LogP contribution is 2.17. The van der Waals surface area contributed by atoms with Crippen LogP contribution < -0.4 is 21.3 Å². The van der Waals surface area contributed by atoms with Gasteiger partial charge < -0.3 is 14.9 Å². The summed E-state index contributed by atoms with van der Waals surface area (Å²) >= 11 is 0. The zero-order chi connectivity index (χ0) is 15.9. The molecule has 0 aliphatic carbocycles. The van der Waals surface area contributed by atoms with Crippen molar-refractivity contribution >= 4 is 17.7 Å². The summed E-state index contributed by atoms with van der Waals surface area (Å²) in [4.78, 5) is 34.4.